The van der Waals surface area contributed by atoms with Crippen LogP contribution >= 0.6 is 0 Å². The molecule has 1 atom stereocenters. The molecule has 0 amide bonds. The quantitative estimate of drug-likeness (QED) is 0.459. The number of ether oxygens (including phenoxy) is 2. The highest BCUT2D eigenvalue weighted by atomic mass is 19.1. The minimum Gasteiger partial charge on any atom is -0.489 e. The van der Waals surface area contributed by atoms with E-state index in [-0.39, 0.29) is 23.1 Å². The van der Waals surface area contributed by atoms with E-state index in [0.29, 0.717) is 13.2 Å². The second kappa shape index (κ2) is 11.8. The van der Waals surface area contributed by atoms with Crippen LogP contribution in [-0.4, -0.2) is 63.4 Å². The van der Waals surface area contributed by atoms with Crippen LogP contribution in [0.2, 0.25) is 0 Å². The number of para-hydroxylation sites is 1. The van der Waals surface area contributed by atoms with Crippen molar-refractivity contribution in [2.75, 3.05) is 47.0 Å². The summed E-state index contributed by atoms with van der Waals surface area (Å²) in [6.07, 6.45) is 1.85. The van der Waals surface area contributed by atoms with E-state index >= 15 is 0 Å². The molecule has 1 aliphatic heterocycles. The van der Waals surface area contributed by atoms with Gasteiger partial charge in [-0.2, -0.15) is 0 Å². The summed E-state index contributed by atoms with van der Waals surface area (Å²) in [6.45, 7) is 5.35. The van der Waals surface area contributed by atoms with E-state index in [9.17, 15) is 4.39 Å². The summed E-state index contributed by atoms with van der Waals surface area (Å²) in [7, 11) is 3.73. The van der Waals surface area contributed by atoms with Crippen LogP contribution in [0.15, 0.2) is 59.6 Å². The molecule has 3 rings (SSSR count). The standard InChI is InChI=1S/C25H35FN4O2/c1-20(21-9-5-4-6-10-21)29-25(13-16-31-17-14-25)19-28-24(27-2)30(3)15-18-32-23-12-8-7-11-22(23)26/h4-12,20,29H,13-19H2,1-3H3,(H,27,28). The molecule has 2 N–H and O–H groups in total. The molecule has 0 aliphatic carbocycles. The molecule has 1 unspecified atom stereocenters. The van der Waals surface area contributed by atoms with Crippen LogP contribution in [0.5, 0.6) is 5.75 Å². The van der Waals surface area contributed by atoms with Crippen LogP contribution in [0.1, 0.15) is 31.4 Å². The zero-order valence-corrected chi connectivity index (χ0v) is 19.3. The maximum absolute atomic E-state index is 13.7. The summed E-state index contributed by atoms with van der Waals surface area (Å²) < 4.78 is 25.0. The molecule has 32 heavy (non-hydrogen) atoms. The summed E-state index contributed by atoms with van der Waals surface area (Å²) in [6, 6.07) is 17.2. The van der Waals surface area contributed by atoms with Crippen molar-refractivity contribution in [3.8, 4) is 5.75 Å². The molecular weight excluding hydrogens is 407 g/mol. The number of hydrogen-bond acceptors (Lipinski definition) is 4. The van der Waals surface area contributed by atoms with E-state index in [1.54, 1.807) is 25.2 Å². The summed E-state index contributed by atoms with van der Waals surface area (Å²) >= 11 is 0. The summed E-state index contributed by atoms with van der Waals surface area (Å²) in [5.41, 5.74) is 1.18. The van der Waals surface area contributed by atoms with E-state index < -0.39 is 0 Å². The van der Waals surface area contributed by atoms with Crippen LogP contribution in [0.4, 0.5) is 4.39 Å². The van der Waals surface area contributed by atoms with Crippen LogP contribution < -0.4 is 15.4 Å². The molecular formula is C25H35FN4O2. The molecule has 174 valence electrons. The van der Waals surface area contributed by atoms with Gasteiger partial charge in [0.2, 0.25) is 0 Å². The Morgan fingerprint density at radius 2 is 1.84 bits per heavy atom. The van der Waals surface area contributed by atoms with Crippen molar-refractivity contribution in [1.82, 2.24) is 15.5 Å². The Labute approximate surface area is 190 Å². The topological polar surface area (TPSA) is 58.1 Å². The number of likely N-dealkylation sites (N-methyl/N-ethyl adjacent to an activating group) is 1. The summed E-state index contributed by atoms with van der Waals surface area (Å²) in [4.78, 5) is 6.42. The smallest absolute Gasteiger partial charge is 0.193 e. The number of halogens is 1. The highest BCUT2D eigenvalue weighted by Gasteiger charge is 2.34. The zero-order valence-electron chi connectivity index (χ0n) is 19.3. The Morgan fingerprint density at radius 1 is 1.16 bits per heavy atom. The summed E-state index contributed by atoms with van der Waals surface area (Å²) in [5.74, 6) is 0.698. The van der Waals surface area contributed by atoms with Gasteiger partial charge in [0.15, 0.2) is 17.5 Å². The minimum absolute atomic E-state index is 0.0893. The average molecular weight is 443 g/mol. The van der Waals surface area contributed by atoms with Crippen LogP contribution in [0, 0.1) is 5.82 Å². The molecule has 0 radical (unpaired) electrons. The lowest BCUT2D eigenvalue weighted by molar-refractivity contribution is 0.0353. The second-order valence-corrected chi connectivity index (χ2v) is 8.27. The maximum atomic E-state index is 13.7. The first kappa shape index (κ1) is 24.0. The van der Waals surface area contributed by atoms with Gasteiger partial charge in [-0.25, -0.2) is 4.39 Å². The molecule has 7 heteroatoms. The molecule has 1 heterocycles. The molecule has 1 saturated heterocycles. The fraction of sp³-hybridized carbons (Fsp3) is 0.480. The van der Waals surface area contributed by atoms with Crippen LogP contribution in [-0.2, 0) is 4.74 Å². The number of hydrogen-bond donors (Lipinski definition) is 2. The summed E-state index contributed by atoms with van der Waals surface area (Å²) in [5, 5.41) is 7.38. The van der Waals surface area contributed by atoms with Gasteiger partial charge in [-0.1, -0.05) is 42.5 Å². The van der Waals surface area contributed by atoms with Gasteiger partial charge >= 0.3 is 0 Å². The molecule has 1 aliphatic rings. The van der Waals surface area contributed by atoms with Gasteiger partial charge < -0.3 is 25.0 Å². The van der Waals surface area contributed by atoms with E-state index in [4.69, 9.17) is 9.47 Å². The number of nitrogens with zero attached hydrogens (tertiary/aromatic N) is 2. The van der Waals surface area contributed by atoms with Gasteiger partial charge in [0, 0.05) is 45.4 Å². The number of aliphatic imine (C=N–C) groups is 1. The first-order valence-corrected chi connectivity index (χ1v) is 11.2. The van der Waals surface area contributed by atoms with Gasteiger partial charge in [0.1, 0.15) is 6.61 Å². The molecule has 1 fully saturated rings. The van der Waals surface area contributed by atoms with Crippen molar-refractivity contribution in [2.24, 2.45) is 4.99 Å². The third-order valence-electron chi connectivity index (χ3n) is 5.95. The number of benzene rings is 2. The SMILES string of the molecule is CN=C(NCC1(NC(C)c2ccccc2)CCOCC1)N(C)CCOc1ccccc1F. The van der Waals surface area contributed by atoms with Gasteiger partial charge in [0.05, 0.1) is 6.54 Å². The van der Waals surface area contributed by atoms with Crippen molar-refractivity contribution in [2.45, 2.75) is 31.3 Å². The lowest BCUT2D eigenvalue weighted by Gasteiger charge is -2.41. The van der Waals surface area contributed by atoms with Crippen molar-refractivity contribution < 1.29 is 13.9 Å². The molecule has 0 saturated carbocycles. The highest BCUT2D eigenvalue weighted by Crippen LogP contribution is 2.25. The van der Waals surface area contributed by atoms with Crippen molar-refractivity contribution in [3.05, 3.63) is 66.0 Å². The lowest BCUT2D eigenvalue weighted by Crippen LogP contribution is -2.58. The molecule has 0 aromatic heterocycles. The molecule has 6 nitrogen and oxygen atoms in total. The van der Waals surface area contributed by atoms with Gasteiger partial charge in [-0.05, 0) is 37.5 Å². The van der Waals surface area contributed by atoms with E-state index in [1.165, 1.54) is 11.6 Å². The number of rotatable bonds is 9. The highest BCUT2D eigenvalue weighted by molar-refractivity contribution is 5.79. The third kappa shape index (κ3) is 6.68. The number of nitrogens with one attached hydrogen (secondary N) is 2. The largest absolute Gasteiger partial charge is 0.489 e. The van der Waals surface area contributed by atoms with Gasteiger partial charge in [-0.3, -0.25) is 4.99 Å². The number of guanidine groups is 1. The van der Waals surface area contributed by atoms with Gasteiger partial charge in [-0.15, -0.1) is 0 Å². The van der Waals surface area contributed by atoms with Crippen molar-refractivity contribution in [1.29, 1.82) is 0 Å². The van der Waals surface area contributed by atoms with Crippen molar-refractivity contribution in [3.63, 3.8) is 0 Å². The minimum atomic E-state index is -0.349. The Hall–Kier alpha value is -2.64. The Morgan fingerprint density at radius 3 is 2.53 bits per heavy atom. The van der Waals surface area contributed by atoms with Crippen LogP contribution in [0.25, 0.3) is 0 Å². The van der Waals surface area contributed by atoms with E-state index in [2.05, 4.69) is 46.8 Å². The van der Waals surface area contributed by atoms with Gasteiger partial charge in [0.25, 0.3) is 0 Å². The predicted molar refractivity (Wildman–Crippen MR) is 127 cm³/mol. The monoisotopic (exact) mass is 442 g/mol. The van der Waals surface area contributed by atoms with Crippen LogP contribution in [0.3, 0.4) is 0 Å². The molecule has 2 aromatic carbocycles. The van der Waals surface area contributed by atoms with Crippen molar-refractivity contribution >= 4 is 5.96 Å². The van der Waals surface area contributed by atoms with E-state index in [1.807, 2.05) is 18.0 Å². The first-order valence-electron chi connectivity index (χ1n) is 11.2. The maximum Gasteiger partial charge on any atom is 0.193 e. The predicted octanol–water partition coefficient (Wildman–Crippen LogP) is 3.61. The average Bonchev–Trinajstić information content (AvgIpc) is 2.82. The Kier molecular flexibility index (Phi) is 8.88. The fourth-order valence-electron chi connectivity index (χ4n) is 4.01. The molecule has 0 bridgehead atoms. The Balaban J connectivity index is 1.55. The lowest BCUT2D eigenvalue weighted by atomic mass is 9.88. The first-order chi connectivity index (χ1) is 15.5. The second-order valence-electron chi connectivity index (χ2n) is 8.27. The van der Waals surface area contributed by atoms with E-state index in [0.717, 1.165) is 38.6 Å². The molecule has 0 spiro atoms. The fourth-order valence-corrected chi connectivity index (χ4v) is 4.01. The molecule has 2 aromatic rings. The zero-order chi connectivity index (χ0) is 22.8. The normalized spacial score (nSPS) is 16.9. The third-order valence-corrected chi connectivity index (χ3v) is 5.95. The Bertz CT molecular complexity index is 856.